The summed E-state index contributed by atoms with van der Waals surface area (Å²) in [4.78, 5) is 42.5. The lowest BCUT2D eigenvalue weighted by atomic mass is 9.95. The summed E-state index contributed by atoms with van der Waals surface area (Å²) >= 11 is 5.89. The first-order valence-corrected chi connectivity index (χ1v) is 10.1. The number of aromatic nitrogens is 1. The van der Waals surface area contributed by atoms with Gasteiger partial charge in [0.05, 0.1) is 16.3 Å². The van der Waals surface area contributed by atoms with Crippen molar-refractivity contribution >= 4 is 40.8 Å². The van der Waals surface area contributed by atoms with Crippen molar-refractivity contribution in [1.29, 1.82) is 0 Å². The summed E-state index contributed by atoms with van der Waals surface area (Å²) in [5, 5.41) is 6.11. The van der Waals surface area contributed by atoms with Gasteiger partial charge < -0.3 is 21.3 Å². The molecule has 0 unspecified atom stereocenters. The Balaban J connectivity index is 1.57. The van der Waals surface area contributed by atoms with Gasteiger partial charge in [-0.3, -0.25) is 14.4 Å². The van der Waals surface area contributed by atoms with Gasteiger partial charge in [-0.1, -0.05) is 23.7 Å². The van der Waals surface area contributed by atoms with Gasteiger partial charge in [-0.15, -0.1) is 0 Å². The molecular formula is C21H24ClN5O3. The number of nitrogens with two attached hydrogens (primary N) is 1. The SMILES string of the molecule is NC(=O)CCNC(=O)c1ccccc1NC(=O)C1CCN(c2ccc(Cl)cn2)CC1. The van der Waals surface area contributed by atoms with Gasteiger partial charge in [0.1, 0.15) is 5.82 Å². The van der Waals surface area contributed by atoms with Crippen LogP contribution in [0.5, 0.6) is 0 Å². The van der Waals surface area contributed by atoms with Gasteiger partial charge in [-0.05, 0) is 37.1 Å². The van der Waals surface area contributed by atoms with Crippen LogP contribution in [0.25, 0.3) is 0 Å². The van der Waals surface area contributed by atoms with Crippen LogP contribution < -0.4 is 21.3 Å². The van der Waals surface area contributed by atoms with Crippen LogP contribution in [-0.2, 0) is 9.59 Å². The smallest absolute Gasteiger partial charge is 0.253 e. The molecule has 158 valence electrons. The minimum atomic E-state index is -0.489. The van der Waals surface area contributed by atoms with E-state index in [9.17, 15) is 14.4 Å². The number of benzene rings is 1. The average Bonchev–Trinajstić information content (AvgIpc) is 2.74. The summed E-state index contributed by atoms with van der Waals surface area (Å²) in [6.07, 6.45) is 3.04. The Labute approximate surface area is 179 Å². The number of hydrogen-bond donors (Lipinski definition) is 3. The van der Waals surface area contributed by atoms with Crippen LogP contribution in [-0.4, -0.2) is 42.3 Å². The lowest BCUT2D eigenvalue weighted by Gasteiger charge is -2.32. The Hall–Kier alpha value is -3.13. The second-order valence-corrected chi connectivity index (χ2v) is 7.54. The normalized spacial score (nSPS) is 14.2. The van der Waals surface area contributed by atoms with Crippen molar-refractivity contribution in [3.8, 4) is 0 Å². The number of piperidine rings is 1. The molecular weight excluding hydrogens is 406 g/mol. The van der Waals surface area contributed by atoms with E-state index in [1.807, 2.05) is 6.07 Å². The monoisotopic (exact) mass is 429 g/mol. The van der Waals surface area contributed by atoms with Crippen LogP contribution >= 0.6 is 11.6 Å². The molecule has 1 aromatic heterocycles. The van der Waals surface area contributed by atoms with E-state index in [0.717, 1.165) is 5.82 Å². The van der Waals surface area contributed by atoms with Crippen LogP contribution in [0.3, 0.4) is 0 Å². The second-order valence-electron chi connectivity index (χ2n) is 7.10. The molecule has 0 saturated carbocycles. The van der Waals surface area contributed by atoms with Gasteiger partial charge in [-0.2, -0.15) is 0 Å². The molecule has 1 aliphatic heterocycles. The van der Waals surface area contributed by atoms with E-state index in [0.29, 0.717) is 42.2 Å². The molecule has 30 heavy (non-hydrogen) atoms. The zero-order valence-corrected chi connectivity index (χ0v) is 17.2. The third kappa shape index (κ3) is 5.70. The largest absolute Gasteiger partial charge is 0.370 e. The Morgan fingerprint density at radius 1 is 1.13 bits per heavy atom. The van der Waals surface area contributed by atoms with E-state index in [2.05, 4.69) is 20.5 Å². The van der Waals surface area contributed by atoms with E-state index in [1.54, 1.807) is 36.5 Å². The summed E-state index contributed by atoms with van der Waals surface area (Å²) in [5.41, 5.74) is 5.88. The molecule has 4 N–H and O–H groups in total. The van der Waals surface area contributed by atoms with E-state index in [-0.39, 0.29) is 30.7 Å². The van der Waals surface area contributed by atoms with E-state index >= 15 is 0 Å². The van der Waals surface area contributed by atoms with Gasteiger partial charge in [0.2, 0.25) is 11.8 Å². The van der Waals surface area contributed by atoms with E-state index < -0.39 is 5.91 Å². The number of anilines is 2. The Morgan fingerprint density at radius 3 is 2.53 bits per heavy atom. The summed E-state index contributed by atoms with van der Waals surface area (Å²) < 4.78 is 0. The summed E-state index contributed by atoms with van der Waals surface area (Å²) in [6.45, 7) is 1.57. The number of carbonyl (C=O) groups is 3. The number of primary amides is 1. The standard InChI is InChI=1S/C21H24ClN5O3/c22-15-5-6-19(25-13-15)27-11-8-14(9-12-27)20(29)26-17-4-2-1-3-16(17)21(30)24-10-7-18(23)28/h1-6,13-14H,7-12H2,(H2,23,28)(H,24,30)(H,26,29). The molecule has 1 saturated heterocycles. The zero-order chi connectivity index (χ0) is 21.5. The molecule has 2 aromatic rings. The molecule has 3 amide bonds. The highest BCUT2D eigenvalue weighted by Crippen LogP contribution is 2.24. The number of carbonyl (C=O) groups excluding carboxylic acids is 3. The minimum absolute atomic E-state index is 0.0569. The molecule has 0 atom stereocenters. The number of rotatable bonds is 7. The first kappa shape index (κ1) is 21.6. The maximum atomic E-state index is 12.8. The molecule has 1 fully saturated rings. The van der Waals surface area contributed by atoms with E-state index in [4.69, 9.17) is 17.3 Å². The van der Waals surface area contributed by atoms with Gasteiger partial charge >= 0.3 is 0 Å². The van der Waals surface area contributed by atoms with Crippen LogP contribution in [0.1, 0.15) is 29.6 Å². The Kier molecular flexibility index (Phi) is 7.24. The third-order valence-corrected chi connectivity index (χ3v) is 5.21. The molecule has 2 heterocycles. The molecule has 0 aliphatic carbocycles. The van der Waals surface area contributed by atoms with Gasteiger partial charge in [0, 0.05) is 38.2 Å². The first-order valence-electron chi connectivity index (χ1n) is 9.77. The number of para-hydroxylation sites is 1. The van der Waals surface area contributed by atoms with Crippen LogP contribution in [0.15, 0.2) is 42.6 Å². The second kappa shape index (κ2) is 10.1. The van der Waals surface area contributed by atoms with Crippen molar-refractivity contribution in [2.24, 2.45) is 11.7 Å². The zero-order valence-electron chi connectivity index (χ0n) is 16.4. The minimum Gasteiger partial charge on any atom is -0.370 e. The number of nitrogens with one attached hydrogen (secondary N) is 2. The lowest BCUT2D eigenvalue weighted by molar-refractivity contribution is -0.120. The van der Waals surface area contributed by atoms with Gasteiger partial charge in [0.25, 0.3) is 5.91 Å². The summed E-state index contributed by atoms with van der Waals surface area (Å²) in [5.74, 6) is -0.278. The molecule has 1 aromatic carbocycles. The van der Waals surface area contributed by atoms with Crippen molar-refractivity contribution in [1.82, 2.24) is 10.3 Å². The van der Waals surface area contributed by atoms with Crippen molar-refractivity contribution in [3.63, 3.8) is 0 Å². The fourth-order valence-electron chi connectivity index (χ4n) is 3.35. The summed E-state index contributed by atoms with van der Waals surface area (Å²) in [6, 6.07) is 10.5. The Morgan fingerprint density at radius 2 is 1.87 bits per heavy atom. The van der Waals surface area contributed by atoms with Crippen molar-refractivity contribution < 1.29 is 14.4 Å². The van der Waals surface area contributed by atoms with Gasteiger partial charge in [-0.25, -0.2) is 4.98 Å². The van der Waals surface area contributed by atoms with Crippen molar-refractivity contribution in [2.45, 2.75) is 19.3 Å². The van der Waals surface area contributed by atoms with Crippen molar-refractivity contribution in [2.75, 3.05) is 29.9 Å². The van der Waals surface area contributed by atoms with Crippen LogP contribution in [0, 0.1) is 5.92 Å². The molecule has 0 bridgehead atoms. The predicted octanol–water partition coefficient (Wildman–Crippen LogP) is 2.20. The fraction of sp³-hybridized carbons (Fsp3) is 0.333. The van der Waals surface area contributed by atoms with Gasteiger partial charge in [0.15, 0.2) is 0 Å². The average molecular weight is 430 g/mol. The number of halogens is 1. The highest BCUT2D eigenvalue weighted by molar-refractivity contribution is 6.30. The third-order valence-electron chi connectivity index (χ3n) is 4.99. The molecule has 9 heteroatoms. The van der Waals surface area contributed by atoms with Crippen molar-refractivity contribution in [3.05, 3.63) is 53.2 Å². The Bertz CT molecular complexity index is 911. The molecule has 1 aliphatic rings. The lowest BCUT2D eigenvalue weighted by Crippen LogP contribution is -2.38. The van der Waals surface area contributed by atoms with Crippen LogP contribution in [0.4, 0.5) is 11.5 Å². The number of hydrogen-bond acceptors (Lipinski definition) is 5. The summed E-state index contributed by atoms with van der Waals surface area (Å²) in [7, 11) is 0. The van der Waals surface area contributed by atoms with E-state index in [1.165, 1.54) is 0 Å². The number of nitrogens with zero attached hydrogens (tertiary/aromatic N) is 2. The maximum absolute atomic E-state index is 12.8. The topological polar surface area (TPSA) is 117 Å². The molecule has 0 spiro atoms. The highest BCUT2D eigenvalue weighted by atomic mass is 35.5. The number of pyridine rings is 1. The maximum Gasteiger partial charge on any atom is 0.253 e. The highest BCUT2D eigenvalue weighted by Gasteiger charge is 2.26. The first-order chi connectivity index (χ1) is 14.4. The number of amides is 3. The molecule has 3 rings (SSSR count). The predicted molar refractivity (Wildman–Crippen MR) is 115 cm³/mol. The molecule has 8 nitrogen and oxygen atoms in total. The fourth-order valence-corrected chi connectivity index (χ4v) is 3.46. The van der Waals surface area contributed by atoms with Crippen LogP contribution in [0.2, 0.25) is 5.02 Å². The molecule has 0 radical (unpaired) electrons. The quantitative estimate of drug-likeness (QED) is 0.623.